The van der Waals surface area contributed by atoms with Crippen molar-refractivity contribution in [1.82, 2.24) is 9.97 Å². The van der Waals surface area contributed by atoms with Gasteiger partial charge in [0.2, 0.25) is 0 Å². The Labute approximate surface area is 392 Å². The third kappa shape index (κ3) is 27.6. The molecule has 0 aliphatic heterocycles. The van der Waals surface area contributed by atoms with Crippen LogP contribution >= 0.6 is 0 Å². The van der Waals surface area contributed by atoms with E-state index in [-0.39, 0.29) is 13.2 Å². The van der Waals surface area contributed by atoms with E-state index in [1.165, 1.54) is 0 Å². The third-order valence-electron chi connectivity index (χ3n) is 8.00. The lowest BCUT2D eigenvalue weighted by Crippen LogP contribution is -2.43. The Morgan fingerprint density at radius 3 is 0.853 bits per heavy atom. The molecule has 0 atom stereocenters. The highest BCUT2D eigenvalue weighted by atomic mass is 16.5. The first-order valence-electron chi connectivity index (χ1n) is 19.3. The van der Waals surface area contributed by atoms with Crippen LogP contribution in [0.1, 0.15) is 0 Å². The summed E-state index contributed by atoms with van der Waals surface area (Å²) < 4.78 is 15.7. The van der Waals surface area contributed by atoms with Crippen molar-refractivity contribution >= 4 is 40.9 Å². The third-order valence-corrected chi connectivity index (χ3v) is 8.00. The minimum atomic E-state index is -1.16. The molecular formula is C47H60N2O19. The van der Waals surface area contributed by atoms with Crippen LogP contribution in [-0.2, 0) is 28.7 Å². The van der Waals surface area contributed by atoms with Crippen LogP contribution in [0.5, 0.6) is 11.5 Å². The number of aromatic nitrogens is 2. The highest BCUT2D eigenvalue weighted by molar-refractivity contribution is 5.86. The lowest BCUT2D eigenvalue weighted by atomic mass is 9.91. The summed E-state index contributed by atoms with van der Waals surface area (Å²) in [5.41, 5.74) is 3.10. The number of aliphatic carboxylic acids is 5. The van der Waals surface area contributed by atoms with E-state index in [1.807, 2.05) is 72.8 Å². The second-order valence-corrected chi connectivity index (χ2v) is 13.0. The van der Waals surface area contributed by atoms with Crippen LogP contribution in [0, 0.1) is 10.8 Å². The zero-order chi connectivity index (χ0) is 52.7. The fraction of sp³-hybridized carbons (Fsp3) is 0.255. The Morgan fingerprint density at radius 1 is 0.456 bits per heavy atom. The van der Waals surface area contributed by atoms with Gasteiger partial charge >= 0.3 is 29.8 Å². The molecule has 0 aliphatic rings. The molecule has 21 heteroatoms. The SMILES string of the molecule is C=CC(=O)O.C=CC(=O)O.C=CC(=O)O.C=CC(=O)O.C=CC(=O)O.COc1ccc(-c2nc3ccccc3nc2-c2ccc(OC)cc2)cc1.OCC(CO)(CO)COCC(CO)(CO)CO. The monoisotopic (exact) mass is 956 g/mol. The molecule has 0 bridgehead atoms. The van der Waals surface area contributed by atoms with Crippen molar-refractivity contribution in [2.24, 2.45) is 10.8 Å². The zero-order valence-corrected chi connectivity index (χ0v) is 37.6. The molecule has 372 valence electrons. The number of carboxylic acid groups (broad SMARTS) is 5. The Kier molecular flexibility index (Phi) is 35.7. The van der Waals surface area contributed by atoms with Gasteiger partial charge in [-0.05, 0) is 60.7 Å². The predicted octanol–water partition coefficient (Wildman–Crippen LogP) is 3.20. The van der Waals surface area contributed by atoms with Crippen LogP contribution in [-0.4, -0.2) is 163 Å². The molecule has 0 saturated heterocycles. The number of nitrogens with zero attached hydrogens (tertiary/aromatic N) is 2. The first kappa shape index (κ1) is 64.7. The number of ether oxygens (including phenoxy) is 3. The molecule has 21 nitrogen and oxygen atoms in total. The molecule has 0 saturated carbocycles. The highest BCUT2D eigenvalue weighted by Crippen LogP contribution is 2.32. The molecule has 0 aliphatic carbocycles. The number of aliphatic hydroxyl groups is 6. The van der Waals surface area contributed by atoms with Gasteiger partial charge in [-0.25, -0.2) is 33.9 Å². The molecule has 1 heterocycles. The van der Waals surface area contributed by atoms with Crippen LogP contribution in [0.25, 0.3) is 33.5 Å². The van der Waals surface area contributed by atoms with E-state index in [4.69, 9.17) is 80.4 Å². The highest BCUT2D eigenvalue weighted by Gasteiger charge is 2.33. The number of carbonyl (C=O) groups is 5. The van der Waals surface area contributed by atoms with Gasteiger partial charge in [-0.3, -0.25) is 0 Å². The number of hydrogen-bond donors (Lipinski definition) is 11. The van der Waals surface area contributed by atoms with Crippen LogP contribution in [0.4, 0.5) is 0 Å². The number of fused-ring (bicyclic) bond motifs is 1. The van der Waals surface area contributed by atoms with Gasteiger partial charge in [-0.1, -0.05) is 45.0 Å². The molecule has 0 unspecified atom stereocenters. The first-order valence-corrected chi connectivity index (χ1v) is 19.3. The lowest BCUT2D eigenvalue weighted by Gasteiger charge is -2.31. The van der Waals surface area contributed by atoms with E-state index < -0.39 is 80.3 Å². The summed E-state index contributed by atoms with van der Waals surface area (Å²) in [6.45, 7) is 11.8. The minimum absolute atomic E-state index is 0.141. The van der Waals surface area contributed by atoms with Gasteiger partial charge < -0.3 is 70.4 Å². The summed E-state index contributed by atoms with van der Waals surface area (Å²) in [4.78, 5) is 56.0. The number of aliphatic hydroxyl groups excluding tert-OH is 6. The first-order chi connectivity index (χ1) is 32.2. The van der Waals surface area contributed by atoms with Crippen LogP contribution < -0.4 is 9.47 Å². The normalized spacial score (nSPS) is 9.71. The molecule has 3 aromatic carbocycles. The minimum Gasteiger partial charge on any atom is -0.497 e. The second kappa shape index (κ2) is 37.6. The summed E-state index contributed by atoms with van der Waals surface area (Å²) in [5.74, 6) is -3.28. The Morgan fingerprint density at radius 2 is 0.676 bits per heavy atom. The molecule has 0 spiro atoms. The average molecular weight is 957 g/mol. The average Bonchev–Trinajstić information content (AvgIpc) is 3.37. The Balaban J connectivity index is -0.000000859. The van der Waals surface area contributed by atoms with Crippen LogP contribution in [0.3, 0.4) is 0 Å². The van der Waals surface area contributed by atoms with Crippen molar-refractivity contribution in [1.29, 1.82) is 0 Å². The standard InChI is InChI=1S/C22H18N2O2.C10H22O7.5C3H4O2/c1-25-17-11-7-15(8-12-17)21-22(16-9-13-18(26-2)14-10-16)24-20-6-4-3-5-19(20)23-21;11-1-9(2-12,3-13)7-17-8-10(4-14,5-15)6-16;5*1-2-3(4)5/h3-14H,1-2H3;11-16H,1-8H2;5*2H,1H2,(H,4,5). The summed E-state index contributed by atoms with van der Waals surface area (Å²) in [5, 5.41) is 92.2. The fourth-order valence-electron chi connectivity index (χ4n) is 3.96. The molecule has 1 aromatic heterocycles. The van der Waals surface area contributed by atoms with Crippen molar-refractivity contribution < 1.29 is 94.4 Å². The van der Waals surface area contributed by atoms with Gasteiger partial charge in [-0.2, -0.15) is 0 Å². The maximum absolute atomic E-state index is 9.25. The van der Waals surface area contributed by atoms with Crippen molar-refractivity contribution in [3.8, 4) is 34.0 Å². The number of carboxylic acids is 5. The van der Waals surface area contributed by atoms with E-state index in [0.717, 1.165) is 75.4 Å². The van der Waals surface area contributed by atoms with E-state index in [1.54, 1.807) is 14.2 Å². The Bertz CT molecular complexity index is 1920. The molecular weight excluding hydrogens is 897 g/mol. The van der Waals surface area contributed by atoms with Crippen molar-refractivity contribution in [3.63, 3.8) is 0 Å². The smallest absolute Gasteiger partial charge is 0.327 e. The maximum atomic E-state index is 9.25. The van der Waals surface area contributed by atoms with E-state index in [2.05, 4.69) is 32.9 Å². The Hall–Kier alpha value is -7.63. The van der Waals surface area contributed by atoms with Crippen LogP contribution in [0.2, 0.25) is 0 Å². The van der Waals surface area contributed by atoms with Gasteiger partial charge in [-0.15, -0.1) is 0 Å². The van der Waals surface area contributed by atoms with E-state index >= 15 is 0 Å². The van der Waals surface area contributed by atoms with Crippen molar-refractivity contribution in [2.75, 3.05) is 67.1 Å². The molecule has 0 amide bonds. The summed E-state index contributed by atoms with van der Waals surface area (Å²) >= 11 is 0. The van der Waals surface area contributed by atoms with E-state index in [0.29, 0.717) is 0 Å². The molecule has 4 aromatic rings. The number of benzene rings is 3. The number of rotatable bonds is 19. The van der Waals surface area contributed by atoms with Gasteiger partial charge in [0.25, 0.3) is 0 Å². The summed E-state index contributed by atoms with van der Waals surface area (Å²) in [6, 6.07) is 23.7. The lowest BCUT2D eigenvalue weighted by molar-refractivity contribution is -0.132. The van der Waals surface area contributed by atoms with E-state index in [9.17, 15) is 24.0 Å². The number of hydrogen-bond acceptors (Lipinski definition) is 16. The zero-order valence-electron chi connectivity index (χ0n) is 37.6. The molecule has 4 rings (SSSR count). The number of methoxy groups -OCH3 is 2. The largest absolute Gasteiger partial charge is 0.497 e. The second-order valence-electron chi connectivity index (χ2n) is 13.0. The molecule has 0 fully saturated rings. The van der Waals surface area contributed by atoms with Gasteiger partial charge in [0.1, 0.15) is 11.5 Å². The number of para-hydroxylation sites is 2. The maximum Gasteiger partial charge on any atom is 0.327 e. The molecule has 68 heavy (non-hydrogen) atoms. The van der Waals surface area contributed by atoms with Gasteiger partial charge in [0.05, 0.1) is 100 Å². The predicted molar refractivity (Wildman–Crippen MR) is 251 cm³/mol. The van der Waals surface area contributed by atoms with Crippen molar-refractivity contribution in [3.05, 3.63) is 136 Å². The fourth-order valence-corrected chi connectivity index (χ4v) is 3.96. The van der Waals surface area contributed by atoms with Crippen molar-refractivity contribution in [2.45, 2.75) is 0 Å². The summed E-state index contributed by atoms with van der Waals surface area (Å²) in [7, 11) is 3.32. The summed E-state index contributed by atoms with van der Waals surface area (Å²) in [6.07, 6.45) is 4.17. The topological polar surface area (TPSA) is 361 Å². The van der Waals surface area contributed by atoms with Crippen LogP contribution in [0.15, 0.2) is 136 Å². The molecule has 0 radical (unpaired) electrons. The van der Waals surface area contributed by atoms with Gasteiger partial charge in [0.15, 0.2) is 0 Å². The van der Waals surface area contributed by atoms with Gasteiger partial charge in [0, 0.05) is 41.5 Å². The quantitative estimate of drug-likeness (QED) is 0.0601. The molecule has 11 N–H and O–H groups in total.